The van der Waals surface area contributed by atoms with Gasteiger partial charge in [-0.05, 0) is 48.4 Å². The zero-order valence-electron chi connectivity index (χ0n) is 15.6. The Balaban J connectivity index is 1.60. The molecule has 138 valence electrons. The number of hydrogen-bond donors (Lipinski definition) is 0. The van der Waals surface area contributed by atoms with Crippen molar-refractivity contribution in [3.63, 3.8) is 0 Å². The van der Waals surface area contributed by atoms with Crippen LogP contribution in [0, 0.1) is 6.92 Å². The second kappa shape index (κ2) is 7.92. The Morgan fingerprint density at radius 2 is 1.68 bits per heavy atom. The molecule has 0 radical (unpaired) electrons. The maximum absolute atomic E-state index is 11.6. The van der Waals surface area contributed by atoms with Gasteiger partial charge in [-0.15, -0.1) is 0 Å². The van der Waals surface area contributed by atoms with Gasteiger partial charge in [0.15, 0.2) is 6.29 Å². The number of rotatable bonds is 6. The van der Waals surface area contributed by atoms with Gasteiger partial charge in [0.05, 0.1) is 11.3 Å². The lowest BCUT2D eigenvalue weighted by atomic mass is 10.1. The first-order valence-electron chi connectivity index (χ1n) is 9.12. The summed E-state index contributed by atoms with van der Waals surface area (Å²) in [5, 5.41) is 4.63. The summed E-state index contributed by atoms with van der Waals surface area (Å²) in [4.78, 5) is 11.6. The Morgan fingerprint density at radius 1 is 0.964 bits per heavy atom. The van der Waals surface area contributed by atoms with Gasteiger partial charge in [0.2, 0.25) is 0 Å². The van der Waals surface area contributed by atoms with Crippen molar-refractivity contribution in [2.24, 2.45) is 0 Å². The van der Waals surface area contributed by atoms with E-state index >= 15 is 0 Å². The molecule has 1 aromatic heterocycles. The van der Waals surface area contributed by atoms with Crippen molar-refractivity contribution in [1.29, 1.82) is 0 Å². The van der Waals surface area contributed by atoms with Gasteiger partial charge in [0, 0.05) is 11.8 Å². The smallest absolute Gasteiger partial charge is 0.153 e. The van der Waals surface area contributed by atoms with Gasteiger partial charge in [0.25, 0.3) is 0 Å². The van der Waals surface area contributed by atoms with Crippen molar-refractivity contribution < 1.29 is 9.53 Å². The molecular weight excluding hydrogens is 348 g/mol. The lowest BCUT2D eigenvalue weighted by Crippen LogP contribution is -1.97. The zero-order valence-corrected chi connectivity index (χ0v) is 15.6. The number of nitrogens with zero attached hydrogens (tertiary/aromatic N) is 2. The quantitative estimate of drug-likeness (QED) is 0.437. The maximum Gasteiger partial charge on any atom is 0.153 e. The minimum Gasteiger partial charge on any atom is -0.489 e. The molecular formula is C24H20N2O2. The number of carbonyl (C=O) groups is 1. The summed E-state index contributed by atoms with van der Waals surface area (Å²) in [7, 11) is 0. The van der Waals surface area contributed by atoms with Gasteiger partial charge < -0.3 is 4.74 Å². The highest BCUT2D eigenvalue weighted by molar-refractivity contribution is 5.85. The molecule has 3 aromatic carbocycles. The van der Waals surface area contributed by atoms with E-state index in [-0.39, 0.29) is 0 Å². The van der Waals surface area contributed by atoms with Crippen LogP contribution in [0.4, 0.5) is 0 Å². The van der Waals surface area contributed by atoms with E-state index in [9.17, 15) is 4.79 Å². The molecule has 4 heteroatoms. The minimum absolute atomic E-state index is 0.517. The SMILES string of the molecule is Cc1cc(-c2nn(-c3ccccc3)cc2C=O)ccc1OCc1ccccc1. The highest BCUT2D eigenvalue weighted by atomic mass is 16.5. The third-order valence-electron chi connectivity index (χ3n) is 4.58. The first-order valence-corrected chi connectivity index (χ1v) is 9.12. The topological polar surface area (TPSA) is 44.1 Å². The number of aldehydes is 1. The zero-order chi connectivity index (χ0) is 19.3. The molecule has 4 nitrogen and oxygen atoms in total. The molecule has 0 aliphatic heterocycles. The second-order valence-corrected chi connectivity index (χ2v) is 6.59. The first kappa shape index (κ1) is 17.7. The molecule has 0 saturated heterocycles. The highest BCUT2D eigenvalue weighted by Crippen LogP contribution is 2.28. The number of hydrogen-bond acceptors (Lipinski definition) is 3. The molecule has 0 amide bonds. The largest absolute Gasteiger partial charge is 0.489 e. The lowest BCUT2D eigenvalue weighted by molar-refractivity contribution is 0.112. The molecule has 0 aliphatic rings. The van der Waals surface area contributed by atoms with Gasteiger partial charge in [-0.3, -0.25) is 4.79 Å². The molecule has 0 bridgehead atoms. The molecule has 0 N–H and O–H groups in total. The molecule has 0 aliphatic carbocycles. The molecule has 1 heterocycles. The molecule has 0 fully saturated rings. The predicted octanol–water partition coefficient (Wildman–Crippen LogP) is 5.24. The summed E-state index contributed by atoms with van der Waals surface area (Å²) in [6.07, 6.45) is 2.60. The Labute approximate surface area is 164 Å². The fourth-order valence-electron chi connectivity index (χ4n) is 3.10. The third kappa shape index (κ3) is 3.71. The van der Waals surface area contributed by atoms with E-state index in [1.807, 2.05) is 85.8 Å². The van der Waals surface area contributed by atoms with Crippen LogP contribution in [0.1, 0.15) is 21.5 Å². The average molecular weight is 368 g/mol. The van der Waals surface area contributed by atoms with Gasteiger partial charge in [-0.2, -0.15) is 5.10 Å². The van der Waals surface area contributed by atoms with E-state index in [2.05, 4.69) is 5.10 Å². The molecule has 0 atom stereocenters. The molecule has 0 saturated carbocycles. The normalized spacial score (nSPS) is 10.6. The van der Waals surface area contributed by atoms with E-state index in [0.29, 0.717) is 17.9 Å². The first-order chi connectivity index (χ1) is 13.7. The number of para-hydroxylation sites is 1. The fourth-order valence-corrected chi connectivity index (χ4v) is 3.10. The second-order valence-electron chi connectivity index (χ2n) is 6.59. The van der Waals surface area contributed by atoms with Crippen LogP contribution in [0.3, 0.4) is 0 Å². The Hall–Kier alpha value is -3.66. The van der Waals surface area contributed by atoms with Crippen LogP contribution >= 0.6 is 0 Å². The van der Waals surface area contributed by atoms with Crippen LogP contribution in [0.15, 0.2) is 85.1 Å². The summed E-state index contributed by atoms with van der Waals surface area (Å²) < 4.78 is 7.68. The van der Waals surface area contributed by atoms with Crippen LogP contribution < -0.4 is 4.74 Å². The molecule has 28 heavy (non-hydrogen) atoms. The van der Waals surface area contributed by atoms with Crippen molar-refractivity contribution in [3.8, 4) is 22.7 Å². The highest BCUT2D eigenvalue weighted by Gasteiger charge is 2.13. The average Bonchev–Trinajstić information content (AvgIpc) is 3.19. The summed E-state index contributed by atoms with van der Waals surface area (Å²) in [5.74, 6) is 0.822. The molecule has 0 spiro atoms. The van der Waals surface area contributed by atoms with Crippen molar-refractivity contribution in [3.05, 3.63) is 102 Å². The van der Waals surface area contributed by atoms with Crippen molar-refractivity contribution in [1.82, 2.24) is 9.78 Å². The third-order valence-corrected chi connectivity index (χ3v) is 4.58. The van der Waals surface area contributed by atoms with Crippen LogP contribution in [-0.4, -0.2) is 16.1 Å². The summed E-state index contributed by atoms with van der Waals surface area (Å²) in [6, 6.07) is 25.7. The number of ether oxygens (including phenoxy) is 1. The van der Waals surface area contributed by atoms with Gasteiger partial charge in [-0.1, -0.05) is 48.5 Å². The summed E-state index contributed by atoms with van der Waals surface area (Å²) in [5.41, 5.74) is 5.14. The summed E-state index contributed by atoms with van der Waals surface area (Å²) >= 11 is 0. The molecule has 4 rings (SSSR count). The van der Waals surface area contributed by atoms with Crippen LogP contribution in [-0.2, 0) is 6.61 Å². The monoisotopic (exact) mass is 368 g/mol. The number of aryl methyl sites for hydroxylation is 1. The van der Waals surface area contributed by atoms with E-state index in [1.54, 1.807) is 10.9 Å². The molecule has 4 aromatic rings. The standard InChI is InChI=1S/C24H20N2O2/c1-18-14-20(12-13-23(18)28-17-19-8-4-2-5-9-19)24-21(16-27)15-26(25-24)22-10-6-3-7-11-22/h2-16H,17H2,1H3. The van der Waals surface area contributed by atoms with E-state index in [0.717, 1.165) is 34.4 Å². The Morgan fingerprint density at radius 3 is 2.36 bits per heavy atom. The Bertz CT molecular complexity index is 1090. The van der Waals surface area contributed by atoms with Crippen molar-refractivity contribution in [2.45, 2.75) is 13.5 Å². The predicted molar refractivity (Wildman–Crippen MR) is 110 cm³/mol. The minimum atomic E-state index is 0.517. The van der Waals surface area contributed by atoms with E-state index in [4.69, 9.17) is 4.74 Å². The van der Waals surface area contributed by atoms with E-state index in [1.165, 1.54) is 0 Å². The van der Waals surface area contributed by atoms with Crippen LogP contribution in [0.2, 0.25) is 0 Å². The van der Waals surface area contributed by atoms with Gasteiger partial charge in [-0.25, -0.2) is 4.68 Å². The van der Waals surface area contributed by atoms with Gasteiger partial charge >= 0.3 is 0 Å². The van der Waals surface area contributed by atoms with Crippen molar-refractivity contribution >= 4 is 6.29 Å². The maximum atomic E-state index is 11.6. The van der Waals surface area contributed by atoms with Gasteiger partial charge in [0.1, 0.15) is 18.1 Å². The number of carbonyl (C=O) groups excluding carboxylic acids is 1. The lowest BCUT2D eigenvalue weighted by Gasteiger charge is -2.10. The summed E-state index contributed by atoms with van der Waals surface area (Å²) in [6.45, 7) is 2.52. The van der Waals surface area contributed by atoms with E-state index < -0.39 is 0 Å². The van der Waals surface area contributed by atoms with Crippen molar-refractivity contribution in [2.75, 3.05) is 0 Å². The molecule has 0 unspecified atom stereocenters. The number of aromatic nitrogens is 2. The fraction of sp³-hybridized carbons (Fsp3) is 0.0833. The number of benzene rings is 3. The Kier molecular flexibility index (Phi) is 5.02. The van der Waals surface area contributed by atoms with Crippen LogP contribution in [0.25, 0.3) is 16.9 Å². The van der Waals surface area contributed by atoms with Crippen LogP contribution in [0.5, 0.6) is 5.75 Å².